The van der Waals surface area contributed by atoms with Crippen LogP contribution in [0.2, 0.25) is 0 Å². The summed E-state index contributed by atoms with van der Waals surface area (Å²) in [7, 11) is 3.54. The molecule has 28 heavy (non-hydrogen) atoms. The van der Waals surface area contributed by atoms with Crippen LogP contribution in [0.1, 0.15) is 36.9 Å². The standard InChI is InChI=1S/C21H31N5OS/c1-15(2)17-14-28-20(25-17)12-24-21(22-3)23-11-16-9-10-26(13-16)18-7-5-6-8-19(18)27-4/h5-8,14-16H,9-13H2,1-4H3,(H2,22,23,24). The van der Waals surface area contributed by atoms with Crippen molar-refractivity contribution in [2.24, 2.45) is 10.9 Å². The van der Waals surface area contributed by atoms with E-state index >= 15 is 0 Å². The summed E-state index contributed by atoms with van der Waals surface area (Å²) >= 11 is 1.70. The van der Waals surface area contributed by atoms with Crippen molar-refractivity contribution >= 4 is 23.0 Å². The molecule has 1 unspecified atom stereocenters. The third kappa shape index (κ3) is 5.16. The minimum atomic E-state index is 0.469. The van der Waals surface area contributed by atoms with E-state index in [-0.39, 0.29) is 0 Å². The molecule has 0 spiro atoms. The molecule has 2 heterocycles. The van der Waals surface area contributed by atoms with Gasteiger partial charge in [-0.05, 0) is 30.4 Å². The van der Waals surface area contributed by atoms with Crippen molar-refractivity contribution in [3.63, 3.8) is 0 Å². The fraction of sp³-hybridized carbons (Fsp3) is 0.524. The number of nitrogens with zero attached hydrogens (tertiary/aromatic N) is 3. The Labute approximate surface area is 172 Å². The molecule has 1 atom stereocenters. The van der Waals surface area contributed by atoms with Crippen LogP contribution in [0, 0.1) is 5.92 Å². The Bertz CT molecular complexity index is 789. The highest BCUT2D eigenvalue weighted by Crippen LogP contribution is 2.31. The lowest BCUT2D eigenvalue weighted by Gasteiger charge is -2.21. The number of benzene rings is 1. The number of aromatic nitrogens is 1. The smallest absolute Gasteiger partial charge is 0.191 e. The zero-order valence-electron chi connectivity index (χ0n) is 17.2. The van der Waals surface area contributed by atoms with E-state index in [1.54, 1.807) is 18.4 Å². The zero-order valence-corrected chi connectivity index (χ0v) is 18.1. The average molecular weight is 402 g/mol. The van der Waals surface area contributed by atoms with Gasteiger partial charge in [0.15, 0.2) is 5.96 Å². The second-order valence-corrected chi connectivity index (χ2v) is 8.34. The average Bonchev–Trinajstić information content (AvgIpc) is 3.38. The van der Waals surface area contributed by atoms with Gasteiger partial charge >= 0.3 is 0 Å². The summed E-state index contributed by atoms with van der Waals surface area (Å²) < 4.78 is 5.51. The molecule has 6 nitrogen and oxygen atoms in total. The first-order valence-corrected chi connectivity index (χ1v) is 10.8. The van der Waals surface area contributed by atoms with E-state index < -0.39 is 0 Å². The van der Waals surface area contributed by atoms with Gasteiger partial charge in [-0.25, -0.2) is 4.98 Å². The molecule has 0 bridgehead atoms. The summed E-state index contributed by atoms with van der Waals surface area (Å²) in [6.07, 6.45) is 1.16. The predicted molar refractivity (Wildman–Crippen MR) is 118 cm³/mol. The van der Waals surface area contributed by atoms with Crippen LogP contribution in [0.15, 0.2) is 34.6 Å². The topological polar surface area (TPSA) is 61.8 Å². The molecule has 0 amide bonds. The maximum atomic E-state index is 5.51. The van der Waals surface area contributed by atoms with Crippen LogP contribution in [0.5, 0.6) is 5.75 Å². The molecule has 1 fully saturated rings. The summed E-state index contributed by atoms with van der Waals surface area (Å²) in [5.41, 5.74) is 2.34. The minimum Gasteiger partial charge on any atom is -0.495 e. The van der Waals surface area contributed by atoms with Crippen LogP contribution in [-0.2, 0) is 6.54 Å². The molecule has 0 radical (unpaired) electrons. The molecule has 0 aliphatic carbocycles. The monoisotopic (exact) mass is 401 g/mol. The summed E-state index contributed by atoms with van der Waals surface area (Å²) in [5, 5.41) is 10.1. The molecule has 1 aromatic heterocycles. The third-order valence-electron chi connectivity index (χ3n) is 5.06. The Balaban J connectivity index is 1.46. The number of methoxy groups -OCH3 is 1. The first-order valence-electron chi connectivity index (χ1n) is 9.87. The molecule has 1 aliphatic rings. The predicted octanol–water partition coefficient (Wildman–Crippen LogP) is 3.47. The van der Waals surface area contributed by atoms with E-state index in [4.69, 9.17) is 4.74 Å². The van der Waals surface area contributed by atoms with Crippen molar-refractivity contribution in [1.82, 2.24) is 15.6 Å². The van der Waals surface area contributed by atoms with Crippen molar-refractivity contribution < 1.29 is 4.74 Å². The molecular formula is C21H31N5OS. The molecule has 1 aliphatic heterocycles. The molecule has 7 heteroatoms. The van der Waals surface area contributed by atoms with Crippen molar-refractivity contribution in [3.05, 3.63) is 40.3 Å². The van der Waals surface area contributed by atoms with E-state index in [0.717, 1.165) is 48.5 Å². The molecular weight excluding hydrogens is 370 g/mol. The van der Waals surface area contributed by atoms with Gasteiger partial charge in [0.1, 0.15) is 10.8 Å². The molecule has 2 aromatic rings. The van der Waals surface area contributed by atoms with Gasteiger partial charge < -0.3 is 20.3 Å². The highest BCUT2D eigenvalue weighted by Gasteiger charge is 2.24. The third-order valence-corrected chi connectivity index (χ3v) is 5.93. The SMILES string of the molecule is CN=C(NCc1nc(C(C)C)cs1)NCC1CCN(c2ccccc2OC)C1. The molecule has 1 aromatic carbocycles. The van der Waals surface area contributed by atoms with Gasteiger partial charge in [0.2, 0.25) is 0 Å². The Morgan fingerprint density at radius 3 is 2.89 bits per heavy atom. The lowest BCUT2D eigenvalue weighted by molar-refractivity contribution is 0.414. The van der Waals surface area contributed by atoms with E-state index in [1.165, 1.54) is 5.69 Å². The zero-order chi connectivity index (χ0) is 19.9. The first kappa shape index (κ1) is 20.5. The fourth-order valence-electron chi connectivity index (χ4n) is 3.40. The number of aliphatic imine (C=N–C) groups is 1. The normalized spacial score (nSPS) is 17.2. The Morgan fingerprint density at radius 2 is 2.18 bits per heavy atom. The summed E-state index contributed by atoms with van der Waals surface area (Å²) in [6, 6.07) is 8.24. The Morgan fingerprint density at radius 1 is 1.36 bits per heavy atom. The number of anilines is 1. The lowest BCUT2D eigenvalue weighted by atomic mass is 10.1. The summed E-state index contributed by atoms with van der Waals surface area (Å²) in [4.78, 5) is 11.4. The van der Waals surface area contributed by atoms with Crippen LogP contribution in [0.3, 0.4) is 0 Å². The van der Waals surface area contributed by atoms with Crippen LogP contribution in [0.4, 0.5) is 5.69 Å². The Hall–Kier alpha value is -2.28. The van der Waals surface area contributed by atoms with Gasteiger partial charge in [-0.3, -0.25) is 4.99 Å². The van der Waals surface area contributed by atoms with Crippen LogP contribution in [-0.4, -0.2) is 44.7 Å². The van der Waals surface area contributed by atoms with Gasteiger partial charge in [0.25, 0.3) is 0 Å². The van der Waals surface area contributed by atoms with Crippen LogP contribution in [0.25, 0.3) is 0 Å². The molecule has 3 rings (SSSR count). The van der Waals surface area contributed by atoms with Crippen molar-refractivity contribution in [2.45, 2.75) is 32.7 Å². The van der Waals surface area contributed by atoms with Gasteiger partial charge in [-0.15, -0.1) is 11.3 Å². The van der Waals surface area contributed by atoms with Crippen LogP contribution >= 0.6 is 11.3 Å². The minimum absolute atomic E-state index is 0.469. The molecule has 0 saturated carbocycles. The summed E-state index contributed by atoms with van der Waals surface area (Å²) in [5.74, 6) is 2.82. The molecule has 2 N–H and O–H groups in total. The number of thiazole rings is 1. The number of guanidine groups is 1. The van der Waals surface area contributed by atoms with E-state index in [0.29, 0.717) is 18.4 Å². The number of hydrogen-bond donors (Lipinski definition) is 2. The van der Waals surface area contributed by atoms with Crippen molar-refractivity contribution in [2.75, 3.05) is 38.7 Å². The van der Waals surface area contributed by atoms with E-state index in [9.17, 15) is 0 Å². The molecule has 152 valence electrons. The van der Waals surface area contributed by atoms with E-state index in [2.05, 4.69) is 56.9 Å². The number of ether oxygens (including phenoxy) is 1. The lowest BCUT2D eigenvalue weighted by Crippen LogP contribution is -2.39. The highest BCUT2D eigenvalue weighted by molar-refractivity contribution is 7.09. The maximum absolute atomic E-state index is 5.51. The number of para-hydroxylation sites is 2. The van der Waals surface area contributed by atoms with Gasteiger partial charge in [-0.1, -0.05) is 26.0 Å². The Kier molecular flexibility index (Phi) is 7.14. The van der Waals surface area contributed by atoms with Crippen molar-refractivity contribution in [3.8, 4) is 5.75 Å². The van der Waals surface area contributed by atoms with Gasteiger partial charge in [-0.2, -0.15) is 0 Å². The maximum Gasteiger partial charge on any atom is 0.191 e. The number of hydrogen-bond acceptors (Lipinski definition) is 5. The van der Waals surface area contributed by atoms with Crippen molar-refractivity contribution in [1.29, 1.82) is 0 Å². The molecule has 1 saturated heterocycles. The highest BCUT2D eigenvalue weighted by atomic mass is 32.1. The van der Waals surface area contributed by atoms with E-state index in [1.807, 2.05) is 19.2 Å². The number of nitrogens with one attached hydrogen (secondary N) is 2. The second-order valence-electron chi connectivity index (χ2n) is 7.40. The van der Waals surface area contributed by atoms with Gasteiger partial charge in [0.05, 0.1) is 25.0 Å². The summed E-state index contributed by atoms with van der Waals surface area (Å²) in [6.45, 7) is 8.02. The van der Waals surface area contributed by atoms with Crippen LogP contribution < -0.4 is 20.3 Å². The quantitative estimate of drug-likeness (QED) is 0.549. The largest absolute Gasteiger partial charge is 0.495 e. The fourth-order valence-corrected chi connectivity index (χ4v) is 4.30. The second kappa shape index (κ2) is 9.78. The first-order chi connectivity index (χ1) is 13.6. The van der Waals surface area contributed by atoms with Gasteiger partial charge in [0, 0.05) is 32.1 Å². The number of rotatable bonds is 7.